The summed E-state index contributed by atoms with van der Waals surface area (Å²) < 4.78 is 30.9. The molecule has 2 aromatic rings. The Balaban J connectivity index is 1.73. The number of nitrogens with zero attached hydrogens (tertiary/aromatic N) is 1. The minimum absolute atomic E-state index is 0.00802. The van der Waals surface area contributed by atoms with E-state index in [1.165, 1.54) is 30.5 Å². The van der Waals surface area contributed by atoms with Crippen LogP contribution in [0.1, 0.15) is 40.8 Å². The lowest BCUT2D eigenvalue weighted by molar-refractivity contribution is 0.0634. The second kappa shape index (κ2) is 7.28. The Bertz CT molecular complexity index is 829. The molecular formula is C16H20N2O5S2. The predicted molar refractivity (Wildman–Crippen MR) is 92.9 cm³/mol. The molecule has 3 heterocycles. The van der Waals surface area contributed by atoms with Crippen molar-refractivity contribution in [3.63, 3.8) is 0 Å². The molecule has 0 radical (unpaired) electrons. The third-order valence-electron chi connectivity index (χ3n) is 4.33. The zero-order valence-electron chi connectivity index (χ0n) is 13.7. The number of sulfonamides is 1. The SMILES string of the molecule is CNS(=O)(=O)c1ccc(C(=O)N2CCC[C@@H]2C[C@@H](O)c2cccs2)o1. The van der Waals surface area contributed by atoms with E-state index >= 15 is 0 Å². The van der Waals surface area contributed by atoms with Crippen molar-refractivity contribution in [1.82, 2.24) is 9.62 Å². The third-order valence-corrected chi connectivity index (χ3v) is 6.59. The molecule has 136 valence electrons. The normalized spacial score (nSPS) is 19.3. The molecule has 0 aliphatic carbocycles. The van der Waals surface area contributed by atoms with E-state index in [1.807, 2.05) is 17.5 Å². The summed E-state index contributed by atoms with van der Waals surface area (Å²) in [6, 6.07) is 6.30. The Labute approximate surface area is 150 Å². The molecule has 2 atom stereocenters. The summed E-state index contributed by atoms with van der Waals surface area (Å²) in [5.41, 5.74) is 0. The number of carbonyl (C=O) groups excluding carboxylic acids is 1. The van der Waals surface area contributed by atoms with Gasteiger partial charge in [-0.3, -0.25) is 4.79 Å². The number of aliphatic hydroxyl groups is 1. The van der Waals surface area contributed by atoms with Crippen LogP contribution in [0.25, 0.3) is 0 Å². The highest BCUT2D eigenvalue weighted by Crippen LogP contribution is 2.30. The summed E-state index contributed by atoms with van der Waals surface area (Å²) in [6.07, 6.45) is 1.48. The molecule has 1 aliphatic rings. The lowest BCUT2D eigenvalue weighted by atomic mass is 10.1. The van der Waals surface area contributed by atoms with Crippen LogP contribution in [0, 0.1) is 0 Å². The largest absolute Gasteiger partial charge is 0.438 e. The molecule has 1 aliphatic heterocycles. The van der Waals surface area contributed by atoms with Gasteiger partial charge in [-0.1, -0.05) is 6.07 Å². The Hall–Kier alpha value is -1.68. The van der Waals surface area contributed by atoms with E-state index in [4.69, 9.17) is 4.42 Å². The van der Waals surface area contributed by atoms with E-state index in [0.717, 1.165) is 17.7 Å². The molecule has 0 aromatic carbocycles. The molecule has 7 nitrogen and oxygen atoms in total. The van der Waals surface area contributed by atoms with Gasteiger partial charge in [-0.2, -0.15) is 0 Å². The number of hydrogen-bond acceptors (Lipinski definition) is 6. The van der Waals surface area contributed by atoms with Gasteiger partial charge in [-0.25, -0.2) is 13.1 Å². The van der Waals surface area contributed by atoms with Crippen molar-refractivity contribution in [2.75, 3.05) is 13.6 Å². The van der Waals surface area contributed by atoms with Crippen molar-refractivity contribution in [1.29, 1.82) is 0 Å². The monoisotopic (exact) mass is 384 g/mol. The molecule has 0 bridgehead atoms. The van der Waals surface area contributed by atoms with Gasteiger partial charge in [-0.15, -0.1) is 11.3 Å². The van der Waals surface area contributed by atoms with Crippen LogP contribution in [0.4, 0.5) is 0 Å². The second-order valence-corrected chi connectivity index (χ2v) is 8.68. The molecule has 1 fully saturated rings. The predicted octanol–water partition coefficient (Wildman–Crippen LogP) is 1.98. The van der Waals surface area contributed by atoms with Gasteiger partial charge in [0.1, 0.15) is 0 Å². The topological polar surface area (TPSA) is 99.9 Å². The lowest BCUT2D eigenvalue weighted by Gasteiger charge is -2.25. The van der Waals surface area contributed by atoms with E-state index in [1.54, 1.807) is 4.90 Å². The molecule has 9 heteroatoms. The van der Waals surface area contributed by atoms with Crippen LogP contribution in [-0.2, 0) is 10.0 Å². The van der Waals surface area contributed by atoms with E-state index in [2.05, 4.69) is 4.72 Å². The first-order valence-electron chi connectivity index (χ1n) is 7.98. The van der Waals surface area contributed by atoms with Gasteiger partial charge in [0.25, 0.3) is 15.9 Å². The van der Waals surface area contributed by atoms with Crippen LogP contribution >= 0.6 is 11.3 Å². The fourth-order valence-corrected chi connectivity index (χ4v) is 4.40. The maximum atomic E-state index is 12.7. The van der Waals surface area contributed by atoms with Crippen LogP contribution in [0.3, 0.4) is 0 Å². The van der Waals surface area contributed by atoms with Gasteiger partial charge in [0.2, 0.25) is 5.09 Å². The van der Waals surface area contributed by atoms with Gasteiger partial charge in [0, 0.05) is 17.5 Å². The van der Waals surface area contributed by atoms with E-state index in [0.29, 0.717) is 13.0 Å². The number of amides is 1. The van der Waals surface area contributed by atoms with Crippen LogP contribution in [-0.4, -0.2) is 44.0 Å². The molecule has 1 saturated heterocycles. The molecule has 25 heavy (non-hydrogen) atoms. The smallest absolute Gasteiger partial charge is 0.289 e. The van der Waals surface area contributed by atoms with Gasteiger partial charge in [0.05, 0.1) is 6.10 Å². The average Bonchev–Trinajstić information content (AvgIpc) is 3.34. The van der Waals surface area contributed by atoms with Crippen molar-refractivity contribution in [2.24, 2.45) is 0 Å². The van der Waals surface area contributed by atoms with Gasteiger partial charge >= 0.3 is 0 Å². The summed E-state index contributed by atoms with van der Waals surface area (Å²) in [4.78, 5) is 15.2. The first-order valence-corrected chi connectivity index (χ1v) is 10.3. The van der Waals surface area contributed by atoms with Crippen molar-refractivity contribution in [2.45, 2.75) is 36.5 Å². The van der Waals surface area contributed by atoms with Crippen molar-refractivity contribution < 1.29 is 22.7 Å². The average molecular weight is 384 g/mol. The molecule has 3 rings (SSSR count). The Morgan fingerprint density at radius 3 is 2.96 bits per heavy atom. The zero-order chi connectivity index (χ0) is 18.0. The van der Waals surface area contributed by atoms with E-state index in [9.17, 15) is 18.3 Å². The fourth-order valence-electron chi connectivity index (χ4n) is 3.02. The van der Waals surface area contributed by atoms with Gasteiger partial charge in [0.15, 0.2) is 5.76 Å². The zero-order valence-corrected chi connectivity index (χ0v) is 15.3. The summed E-state index contributed by atoms with van der Waals surface area (Å²) in [6.45, 7) is 0.565. The number of thiophene rings is 1. The third kappa shape index (κ3) is 3.79. The number of nitrogens with one attached hydrogen (secondary N) is 1. The van der Waals surface area contributed by atoms with Gasteiger partial charge < -0.3 is 14.4 Å². The minimum atomic E-state index is -3.72. The number of hydrogen-bond donors (Lipinski definition) is 2. The van der Waals surface area contributed by atoms with Gasteiger partial charge in [-0.05, 0) is 49.9 Å². The first kappa shape index (κ1) is 18.1. The highest BCUT2D eigenvalue weighted by atomic mass is 32.2. The molecular weight excluding hydrogens is 364 g/mol. The number of likely N-dealkylation sites (tertiary alicyclic amines) is 1. The first-order chi connectivity index (χ1) is 11.9. The van der Waals surface area contributed by atoms with E-state index in [-0.39, 0.29) is 22.8 Å². The molecule has 0 unspecified atom stereocenters. The highest BCUT2D eigenvalue weighted by molar-refractivity contribution is 7.89. The highest BCUT2D eigenvalue weighted by Gasteiger charge is 2.33. The van der Waals surface area contributed by atoms with Crippen LogP contribution in [0.15, 0.2) is 39.2 Å². The standard InChI is InChI=1S/C16H20N2O5S2/c1-17-25(21,22)15-7-6-13(23-15)16(20)18-8-2-4-11(18)10-12(19)14-5-3-9-24-14/h3,5-7,9,11-12,17,19H,2,4,8,10H2,1H3/t11-,12-/m1/s1. The number of carbonyl (C=O) groups is 1. The number of rotatable bonds is 6. The van der Waals surface area contributed by atoms with Crippen LogP contribution in [0.2, 0.25) is 0 Å². The van der Waals surface area contributed by atoms with E-state index < -0.39 is 16.1 Å². The minimum Gasteiger partial charge on any atom is -0.438 e. The summed E-state index contributed by atoms with van der Waals surface area (Å²) in [7, 11) is -2.44. The molecule has 0 saturated carbocycles. The van der Waals surface area contributed by atoms with Crippen molar-refractivity contribution in [3.8, 4) is 0 Å². The quantitative estimate of drug-likeness (QED) is 0.793. The molecule has 0 spiro atoms. The Kier molecular flexibility index (Phi) is 5.28. The Morgan fingerprint density at radius 1 is 1.48 bits per heavy atom. The molecule has 2 aromatic heterocycles. The number of aliphatic hydroxyl groups excluding tert-OH is 1. The number of furan rings is 1. The van der Waals surface area contributed by atoms with Crippen molar-refractivity contribution in [3.05, 3.63) is 40.3 Å². The maximum Gasteiger partial charge on any atom is 0.289 e. The second-order valence-electron chi connectivity index (χ2n) is 5.89. The summed E-state index contributed by atoms with van der Waals surface area (Å²) in [5.74, 6) is -0.357. The maximum absolute atomic E-state index is 12.7. The molecule has 2 N–H and O–H groups in total. The molecule has 1 amide bonds. The lowest BCUT2D eigenvalue weighted by Crippen LogP contribution is -2.36. The van der Waals surface area contributed by atoms with Crippen LogP contribution < -0.4 is 4.72 Å². The van der Waals surface area contributed by atoms with Crippen LogP contribution in [0.5, 0.6) is 0 Å². The fraction of sp³-hybridized carbons (Fsp3) is 0.438. The Morgan fingerprint density at radius 2 is 2.28 bits per heavy atom. The summed E-state index contributed by atoms with van der Waals surface area (Å²) >= 11 is 1.48. The summed E-state index contributed by atoms with van der Waals surface area (Å²) in [5, 5.41) is 12.0. The van der Waals surface area contributed by atoms with Crippen molar-refractivity contribution >= 4 is 27.3 Å².